The molecule has 1 amide bonds. The zero-order chi connectivity index (χ0) is 22.8. The molecule has 2 heterocycles. The summed E-state index contributed by atoms with van der Waals surface area (Å²) >= 11 is 6.74. The number of aliphatic hydroxyl groups is 1. The number of aliphatic hydroxyl groups excluding tert-OH is 1. The largest absolute Gasteiger partial charge is 0.507 e. The Bertz CT molecular complexity index is 1190. The van der Waals surface area contributed by atoms with Gasteiger partial charge >= 0.3 is 5.91 Å². The number of benzene rings is 2. The molecule has 0 spiro atoms. The Morgan fingerprint density at radius 2 is 1.66 bits per heavy atom. The molecule has 1 N–H and O–H groups in total. The maximum absolute atomic E-state index is 13.1. The predicted molar refractivity (Wildman–Crippen MR) is 128 cm³/mol. The van der Waals surface area contributed by atoms with Gasteiger partial charge in [0.2, 0.25) is 0 Å². The van der Waals surface area contributed by atoms with E-state index in [4.69, 9.17) is 4.74 Å². The van der Waals surface area contributed by atoms with Crippen molar-refractivity contribution in [3.8, 4) is 5.75 Å². The van der Waals surface area contributed by atoms with Gasteiger partial charge in [-0.25, -0.2) is 4.98 Å². The van der Waals surface area contributed by atoms with Gasteiger partial charge in [-0.1, -0.05) is 28.1 Å². The van der Waals surface area contributed by atoms with Crippen LogP contribution in [0.4, 0.5) is 5.82 Å². The topological polar surface area (TPSA) is 79.7 Å². The molecule has 1 unspecified atom stereocenters. The van der Waals surface area contributed by atoms with Crippen LogP contribution in [0.2, 0.25) is 0 Å². The molecule has 1 aromatic heterocycles. The minimum Gasteiger partial charge on any atom is -0.507 e. The number of nitrogens with zero attached hydrogens (tertiary/aromatic N) is 2. The lowest BCUT2D eigenvalue weighted by molar-refractivity contribution is -0.132. The van der Waals surface area contributed by atoms with E-state index < -0.39 is 17.7 Å². The highest BCUT2D eigenvalue weighted by Crippen LogP contribution is 2.42. The van der Waals surface area contributed by atoms with Gasteiger partial charge < -0.3 is 9.84 Å². The third kappa shape index (κ3) is 4.20. The number of anilines is 1. The molecule has 1 fully saturated rings. The molecule has 0 saturated carbocycles. The molecule has 0 bridgehead atoms. The molecule has 0 aliphatic carbocycles. The fourth-order valence-electron chi connectivity index (χ4n) is 3.57. The number of halogens is 2. The van der Waals surface area contributed by atoms with Crippen LogP contribution < -0.4 is 9.64 Å². The van der Waals surface area contributed by atoms with Gasteiger partial charge in [-0.3, -0.25) is 14.5 Å². The lowest BCUT2D eigenvalue weighted by Gasteiger charge is -2.24. The number of carbonyl (C=O) groups is 2. The van der Waals surface area contributed by atoms with E-state index in [-0.39, 0.29) is 11.3 Å². The van der Waals surface area contributed by atoms with Gasteiger partial charge in [0, 0.05) is 20.7 Å². The first-order valence-electron chi connectivity index (χ1n) is 9.82. The minimum absolute atomic E-state index is 0.00574. The van der Waals surface area contributed by atoms with Crippen LogP contribution >= 0.6 is 31.9 Å². The number of hydrogen-bond acceptors (Lipinski definition) is 5. The number of ether oxygens (including phenoxy) is 1. The summed E-state index contributed by atoms with van der Waals surface area (Å²) in [6.07, 6.45) is 1.56. The van der Waals surface area contributed by atoms with E-state index in [9.17, 15) is 14.7 Å². The first-order valence-corrected chi connectivity index (χ1v) is 11.4. The second-order valence-electron chi connectivity index (χ2n) is 7.01. The fraction of sp³-hybridized carbons (Fsp3) is 0.125. The molecule has 1 saturated heterocycles. The van der Waals surface area contributed by atoms with E-state index in [0.717, 1.165) is 8.95 Å². The Kier molecular flexibility index (Phi) is 6.43. The van der Waals surface area contributed by atoms with E-state index in [1.165, 1.54) is 4.90 Å². The normalized spacial score (nSPS) is 17.6. The van der Waals surface area contributed by atoms with Gasteiger partial charge in [-0.05, 0) is 76.9 Å². The number of Topliss-reactive ketones (excluding diaryl/α,β-unsaturated/α-hetero) is 1. The number of hydrogen-bond donors (Lipinski definition) is 1. The van der Waals surface area contributed by atoms with E-state index in [1.54, 1.807) is 54.7 Å². The molecule has 3 aromatic rings. The molecule has 1 aliphatic heterocycles. The molecular formula is C24H18Br2N2O4. The van der Waals surface area contributed by atoms with Crippen molar-refractivity contribution < 1.29 is 19.4 Å². The maximum Gasteiger partial charge on any atom is 0.301 e. The molecule has 2 aromatic carbocycles. The number of pyridine rings is 1. The zero-order valence-corrected chi connectivity index (χ0v) is 20.1. The summed E-state index contributed by atoms with van der Waals surface area (Å²) in [6, 6.07) is 16.5. The van der Waals surface area contributed by atoms with E-state index in [1.807, 2.05) is 19.1 Å². The molecule has 4 rings (SSSR count). The quantitative estimate of drug-likeness (QED) is 0.250. The highest BCUT2D eigenvalue weighted by Gasteiger charge is 2.47. The van der Waals surface area contributed by atoms with E-state index in [2.05, 4.69) is 36.8 Å². The zero-order valence-electron chi connectivity index (χ0n) is 17.0. The summed E-state index contributed by atoms with van der Waals surface area (Å²) in [7, 11) is 0. The van der Waals surface area contributed by atoms with Crippen molar-refractivity contribution in [2.24, 2.45) is 0 Å². The number of carbonyl (C=O) groups excluding carboxylic acids is 2. The molecule has 32 heavy (non-hydrogen) atoms. The van der Waals surface area contributed by atoms with Crippen LogP contribution in [-0.2, 0) is 9.59 Å². The summed E-state index contributed by atoms with van der Waals surface area (Å²) in [6.45, 7) is 2.39. The molecular weight excluding hydrogens is 540 g/mol. The van der Waals surface area contributed by atoms with Crippen LogP contribution in [0.1, 0.15) is 24.1 Å². The Labute approximate surface area is 201 Å². The van der Waals surface area contributed by atoms with Gasteiger partial charge in [0.25, 0.3) is 5.78 Å². The summed E-state index contributed by atoms with van der Waals surface area (Å²) in [4.78, 5) is 31.8. The summed E-state index contributed by atoms with van der Waals surface area (Å²) in [5.41, 5.74) is 1.09. The first-order chi connectivity index (χ1) is 15.4. The van der Waals surface area contributed by atoms with Crippen molar-refractivity contribution in [1.29, 1.82) is 0 Å². The Morgan fingerprint density at radius 1 is 1.00 bits per heavy atom. The highest BCUT2D eigenvalue weighted by atomic mass is 79.9. The lowest BCUT2D eigenvalue weighted by Crippen LogP contribution is -2.30. The fourth-order valence-corrected chi connectivity index (χ4v) is 4.07. The van der Waals surface area contributed by atoms with Crippen LogP contribution in [0.15, 0.2) is 81.4 Å². The number of ketones is 1. The van der Waals surface area contributed by atoms with Gasteiger partial charge in [-0.2, -0.15) is 0 Å². The SMILES string of the molecule is CCOc1ccc(C(O)=C2C(=O)C(=O)N(c3ccc(Br)cn3)C2c2ccc(Br)cc2)cc1. The lowest BCUT2D eigenvalue weighted by atomic mass is 9.95. The van der Waals surface area contributed by atoms with E-state index >= 15 is 0 Å². The third-order valence-electron chi connectivity index (χ3n) is 5.03. The summed E-state index contributed by atoms with van der Waals surface area (Å²) in [5.74, 6) is -0.810. The average Bonchev–Trinajstić information content (AvgIpc) is 3.06. The average molecular weight is 558 g/mol. The first kappa shape index (κ1) is 22.2. The minimum atomic E-state index is -0.830. The number of aromatic nitrogens is 1. The Hall–Kier alpha value is -2.97. The van der Waals surface area contributed by atoms with Crippen LogP contribution in [0.25, 0.3) is 5.76 Å². The van der Waals surface area contributed by atoms with Crippen LogP contribution in [0, 0.1) is 0 Å². The van der Waals surface area contributed by atoms with Crippen molar-refractivity contribution in [3.63, 3.8) is 0 Å². The standard InChI is InChI=1S/C24H18Br2N2O4/c1-2-32-18-10-5-15(6-11-18)22(29)20-21(14-3-7-16(25)8-4-14)28(24(31)23(20)30)19-12-9-17(26)13-27-19/h3-13,21,29H,2H2,1H3. The summed E-state index contributed by atoms with van der Waals surface area (Å²) < 4.78 is 7.04. The number of amides is 1. The third-order valence-corrected chi connectivity index (χ3v) is 6.03. The predicted octanol–water partition coefficient (Wildman–Crippen LogP) is 5.63. The summed E-state index contributed by atoms with van der Waals surface area (Å²) in [5, 5.41) is 11.1. The number of rotatable bonds is 5. The maximum atomic E-state index is 13.1. The van der Waals surface area contributed by atoms with Crippen molar-refractivity contribution in [2.45, 2.75) is 13.0 Å². The smallest absolute Gasteiger partial charge is 0.301 e. The van der Waals surface area contributed by atoms with Crippen LogP contribution in [-0.4, -0.2) is 28.4 Å². The van der Waals surface area contributed by atoms with Crippen molar-refractivity contribution in [3.05, 3.63) is 92.5 Å². The van der Waals surface area contributed by atoms with Crippen molar-refractivity contribution in [2.75, 3.05) is 11.5 Å². The van der Waals surface area contributed by atoms with Crippen molar-refractivity contribution in [1.82, 2.24) is 4.98 Å². The van der Waals surface area contributed by atoms with E-state index in [0.29, 0.717) is 29.3 Å². The molecule has 0 radical (unpaired) electrons. The molecule has 8 heteroatoms. The van der Waals surface area contributed by atoms with Gasteiger partial charge in [-0.15, -0.1) is 0 Å². The Balaban J connectivity index is 1.88. The monoisotopic (exact) mass is 556 g/mol. The second kappa shape index (κ2) is 9.26. The Morgan fingerprint density at radius 3 is 2.25 bits per heavy atom. The van der Waals surface area contributed by atoms with Gasteiger partial charge in [0.05, 0.1) is 18.2 Å². The van der Waals surface area contributed by atoms with Crippen LogP contribution in [0.3, 0.4) is 0 Å². The molecule has 1 atom stereocenters. The second-order valence-corrected chi connectivity index (χ2v) is 8.84. The molecule has 1 aliphatic rings. The van der Waals surface area contributed by atoms with Crippen molar-refractivity contribution >= 4 is 55.1 Å². The van der Waals surface area contributed by atoms with Gasteiger partial charge in [0.15, 0.2) is 0 Å². The van der Waals surface area contributed by atoms with Gasteiger partial charge in [0.1, 0.15) is 17.3 Å². The molecule has 6 nitrogen and oxygen atoms in total. The van der Waals surface area contributed by atoms with Crippen LogP contribution in [0.5, 0.6) is 5.75 Å². The highest BCUT2D eigenvalue weighted by molar-refractivity contribution is 9.10. The molecule has 162 valence electrons.